The minimum Gasteiger partial charge on any atom is -0.380 e. The summed E-state index contributed by atoms with van der Waals surface area (Å²) in [5.41, 5.74) is -10.3. The van der Waals surface area contributed by atoms with Gasteiger partial charge in [0.2, 0.25) is 5.91 Å². The van der Waals surface area contributed by atoms with Crippen LogP contribution in [0.5, 0.6) is 0 Å². The number of ether oxygens (including phenoxy) is 1. The third-order valence-corrected chi connectivity index (χ3v) is 12.2. The number of likely N-dealkylation sites (tertiary alicyclic amines) is 2. The summed E-state index contributed by atoms with van der Waals surface area (Å²) in [5.74, 6) is -4.93. The quantitative estimate of drug-likeness (QED) is 0.226. The van der Waals surface area contributed by atoms with Crippen molar-refractivity contribution in [2.75, 3.05) is 26.2 Å². The van der Waals surface area contributed by atoms with Gasteiger partial charge in [0.1, 0.15) is 27.8 Å². The third-order valence-electron chi connectivity index (χ3n) is 9.70. The van der Waals surface area contributed by atoms with E-state index in [0.29, 0.717) is 36.4 Å². The second kappa shape index (κ2) is 13.7. The van der Waals surface area contributed by atoms with Gasteiger partial charge in [0.15, 0.2) is 9.84 Å². The van der Waals surface area contributed by atoms with Crippen LogP contribution >= 0.6 is 0 Å². The Hall–Kier alpha value is -4.16. The Morgan fingerprint density at radius 2 is 1.31 bits per heavy atom. The van der Waals surface area contributed by atoms with Gasteiger partial charge in [-0.25, -0.2) is 21.6 Å². The summed E-state index contributed by atoms with van der Waals surface area (Å²) < 4.78 is 160. The van der Waals surface area contributed by atoms with E-state index in [9.17, 15) is 62.6 Å². The SMILES string of the molecule is CC(=O)N1CCC(O)(C(=O)N2CCC(c3ccc(C(OCc4c(F)cccc4F)(C(F)(F)F)C(F)(F)F)cc3)(S(=O)(=O)c3ccc(F)cc3)C2)CC1. The molecule has 0 aliphatic carbocycles. The van der Waals surface area contributed by atoms with Crippen LogP contribution in [0.3, 0.4) is 0 Å². The van der Waals surface area contributed by atoms with Crippen molar-refractivity contribution in [3.63, 3.8) is 0 Å². The van der Waals surface area contributed by atoms with Crippen molar-refractivity contribution < 1.29 is 67.4 Å². The number of hydrogen-bond acceptors (Lipinski definition) is 6. The van der Waals surface area contributed by atoms with Crippen LogP contribution in [-0.2, 0) is 41.1 Å². The van der Waals surface area contributed by atoms with E-state index in [1.54, 1.807) is 0 Å². The molecule has 2 fully saturated rings. The van der Waals surface area contributed by atoms with Gasteiger partial charge in [-0.15, -0.1) is 0 Å². The summed E-state index contributed by atoms with van der Waals surface area (Å²) in [4.78, 5) is 27.4. The molecule has 0 radical (unpaired) electrons. The first-order valence-electron chi connectivity index (χ1n) is 15.7. The molecular formula is C34H31F9N2O6S. The molecule has 0 saturated carbocycles. The Morgan fingerprint density at radius 1 is 0.788 bits per heavy atom. The van der Waals surface area contributed by atoms with Gasteiger partial charge in [0, 0.05) is 57.1 Å². The first kappa shape index (κ1) is 39.1. The Labute approximate surface area is 291 Å². The zero-order valence-electron chi connectivity index (χ0n) is 27.2. The lowest BCUT2D eigenvalue weighted by atomic mass is 9.88. The van der Waals surface area contributed by atoms with Crippen molar-refractivity contribution in [1.82, 2.24) is 9.80 Å². The van der Waals surface area contributed by atoms with Gasteiger partial charge in [0.25, 0.3) is 11.5 Å². The Bertz CT molecular complexity index is 1890. The van der Waals surface area contributed by atoms with Crippen molar-refractivity contribution >= 4 is 21.7 Å². The summed E-state index contributed by atoms with van der Waals surface area (Å²) >= 11 is 0. The van der Waals surface area contributed by atoms with Crippen LogP contribution in [0.15, 0.2) is 71.6 Å². The molecule has 1 atom stereocenters. The monoisotopic (exact) mass is 766 g/mol. The fraction of sp³-hybridized carbons (Fsp3) is 0.412. The average molecular weight is 767 g/mol. The number of sulfone groups is 1. The highest BCUT2D eigenvalue weighted by Crippen LogP contribution is 2.54. The van der Waals surface area contributed by atoms with Crippen LogP contribution in [0, 0.1) is 17.5 Å². The molecule has 0 aromatic heterocycles. The predicted octanol–water partition coefficient (Wildman–Crippen LogP) is 5.92. The minimum atomic E-state index is -6.27. The van der Waals surface area contributed by atoms with Gasteiger partial charge < -0.3 is 19.6 Å². The molecule has 3 aromatic rings. The molecule has 2 amide bonds. The Kier molecular flexibility index (Phi) is 10.3. The standard InChI is InChI=1S/C34H31F9N2O6S/c1-21(46)44-16-13-30(48,14-17-44)29(47)45-18-15-31(20-45,52(49,50)25-11-9-24(35)10-12-25)22-5-7-23(8-6-22)32(33(38,39)40,34(41,42)43)51-19-26-27(36)3-2-4-28(26)37/h2-12,48H,13-20H2,1H3. The second-order valence-corrected chi connectivity index (χ2v) is 15.0. The summed E-state index contributed by atoms with van der Waals surface area (Å²) in [6.07, 6.45) is -13.4. The van der Waals surface area contributed by atoms with E-state index in [0.717, 1.165) is 35.2 Å². The highest BCUT2D eigenvalue weighted by atomic mass is 32.2. The van der Waals surface area contributed by atoms with Crippen LogP contribution in [0.4, 0.5) is 39.5 Å². The lowest BCUT2D eigenvalue weighted by molar-refractivity contribution is -0.392. The molecule has 18 heteroatoms. The first-order chi connectivity index (χ1) is 24.1. The molecule has 8 nitrogen and oxygen atoms in total. The Balaban J connectivity index is 1.58. The average Bonchev–Trinajstić information content (AvgIpc) is 3.52. The lowest BCUT2D eigenvalue weighted by Crippen LogP contribution is -2.56. The molecule has 1 unspecified atom stereocenters. The minimum absolute atomic E-state index is 0.0116. The maximum atomic E-state index is 14.6. The van der Waals surface area contributed by atoms with E-state index in [4.69, 9.17) is 0 Å². The summed E-state index contributed by atoms with van der Waals surface area (Å²) in [7, 11) is -4.72. The second-order valence-electron chi connectivity index (χ2n) is 12.7. The molecule has 2 aliphatic heterocycles. The van der Waals surface area contributed by atoms with E-state index in [-0.39, 0.29) is 43.9 Å². The number of halogens is 9. The molecule has 1 N–H and O–H groups in total. The molecule has 0 spiro atoms. The lowest BCUT2D eigenvalue weighted by Gasteiger charge is -2.39. The summed E-state index contributed by atoms with van der Waals surface area (Å²) in [6.45, 7) is -1.51. The van der Waals surface area contributed by atoms with E-state index in [1.165, 1.54) is 11.8 Å². The van der Waals surface area contributed by atoms with Gasteiger partial charge in [-0.1, -0.05) is 30.3 Å². The number of rotatable bonds is 8. The molecule has 2 aliphatic rings. The van der Waals surface area contributed by atoms with Crippen LogP contribution in [0.1, 0.15) is 42.9 Å². The number of aliphatic hydroxyl groups is 1. The molecule has 5 rings (SSSR count). The van der Waals surface area contributed by atoms with E-state index in [2.05, 4.69) is 4.74 Å². The van der Waals surface area contributed by atoms with Crippen LogP contribution in [-0.4, -0.2) is 79.3 Å². The topological polar surface area (TPSA) is 104 Å². The highest BCUT2D eigenvalue weighted by Gasteiger charge is 2.73. The number of carbonyl (C=O) groups is 2. The first-order valence-corrected chi connectivity index (χ1v) is 17.2. The van der Waals surface area contributed by atoms with Gasteiger partial charge >= 0.3 is 12.4 Å². The van der Waals surface area contributed by atoms with Gasteiger partial charge in [0.05, 0.1) is 11.5 Å². The summed E-state index contributed by atoms with van der Waals surface area (Å²) in [6, 6.07) is 7.55. The molecular weight excluding hydrogens is 735 g/mol. The summed E-state index contributed by atoms with van der Waals surface area (Å²) in [5, 5.41) is 11.2. The maximum Gasteiger partial charge on any atom is 0.430 e. The van der Waals surface area contributed by atoms with Crippen molar-refractivity contribution in [3.05, 3.63) is 101 Å². The molecule has 2 saturated heterocycles. The van der Waals surface area contributed by atoms with Crippen molar-refractivity contribution in [3.8, 4) is 0 Å². The highest BCUT2D eigenvalue weighted by molar-refractivity contribution is 7.92. The largest absolute Gasteiger partial charge is 0.430 e. The maximum absolute atomic E-state index is 14.6. The number of piperidine rings is 1. The van der Waals surface area contributed by atoms with Gasteiger partial charge in [-0.3, -0.25) is 9.59 Å². The smallest absolute Gasteiger partial charge is 0.380 e. The van der Waals surface area contributed by atoms with Crippen molar-refractivity contribution in [1.29, 1.82) is 0 Å². The fourth-order valence-electron chi connectivity index (χ4n) is 6.70. The zero-order chi connectivity index (χ0) is 38.5. The number of nitrogens with zero attached hydrogens (tertiary/aromatic N) is 2. The van der Waals surface area contributed by atoms with Crippen LogP contribution in [0.25, 0.3) is 0 Å². The van der Waals surface area contributed by atoms with Crippen LogP contribution in [0.2, 0.25) is 0 Å². The number of hydrogen-bond donors (Lipinski definition) is 1. The van der Waals surface area contributed by atoms with Gasteiger partial charge in [-0.2, -0.15) is 26.3 Å². The molecule has 3 aromatic carbocycles. The van der Waals surface area contributed by atoms with Gasteiger partial charge in [-0.05, 0) is 48.4 Å². The van der Waals surface area contributed by atoms with Crippen molar-refractivity contribution in [2.45, 2.75) is 66.0 Å². The number of amides is 2. The third kappa shape index (κ3) is 6.64. The molecule has 52 heavy (non-hydrogen) atoms. The molecule has 282 valence electrons. The number of alkyl halides is 6. The zero-order valence-corrected chi connectivity index (χ0v) is 28.0. The van der Waals surface area contributed by atoms with Crippen LogP contribution < -0.4 is 0 Å². The predicted molar refractivity (Wildman–Crippen MR) is 164 cm³/mol. The van der Waals surface area contributed by atoms with E-state index < -0.39 is 97.1 Å². The molecule has 2 heterocycles. The normalized spacial score (nSPS) is 19.9. The van der Waals surface area contributed by atoms with Crippen molar-refractivity contribution in [2.24, 2.45) is 0 Å². The van der Waals surface area contributed by atoms with E-state index in [1.807, 2.05) is 0 Å². The molecule has 0 bridgehead atoms. The Morgan fingerprint density at radius 3 is 1.81 bits per heavy atom. The van der Waals surface area contributed by atoms with E-state index >= 15 is 0 Å². The fourth-order valence-corrected chi connectivity index (χ4v) is 8.78. The number of carbonyl (C=O) groups excluding carboxylic acids is 2. The number of benzene rings is 3.